The van der Waals surface area contributed by atoms with Crippen LogP contribution in [-0.4, -0.2) is 35.3 Å². The summed E-state index contributed by atoms with van der Waals surface area (Å²) in [5, 5.41) is 26.6. The number of aliphatic hydroxyl groups excluding tert-OH is 2. The van der Waals surface area contributed by atoms with Crippen molar-refractivity contribution in [3.05, 3.63) is 0 Å². The first-order valence-electron chi connectivity index (χ1n) is 3.80. The summed E-state index contributed by atoms with van der Waals surface area (Å²) in [6.45, 7) is -2.09. The third kappa shape index (κ3) is 6.72. The van der Waals surface area contributed by atoms with E-state index in [4.69, 9.17) is 10.2 Å². The van der Waals surface area contributed by atoms with E-state index in [-0.39, 0.29) is 29.6 Å². The van der Waals surface area contributed by atoms with Crippen molar-refractivity contribution in [2.45, 2.75) is 12.8 Å². The minimum Gasteiger partial charge on any atom is -0.550 e. The molecule has 0 fully saturated rings. The molecule has 0 unspecified atom stereocenters. The van der Waals surface area contributed by atoms with Gasteiger partial charge in [0.15, 0.2) is 13.6 Å². The van der Waals surface area contributed by atoms with Crippen LogP contribution in [0, 0.1) is 0 Å². The number of rotatable bonds is 8. The molecular formula is C6H10NaO8P. The number of aliphatic carboxylic acids is 1. The van der Waals surface area contributed by atoms with E-state index in [2.05, 4.69) is 9.05 Å². The quantitative estimate of drug-likeness (QED) is 0.253. The van der Waals surface area contributed by atoms with Gasteiger partial charge in [0, 0.05) is 12.4 Å². The van der Waals surface area contributed by atoms with Crippen LogP contribution >= 0.6 is 7.60 Å². The van der Waals surface area contributed by atoms with E-state index in [0.717, 1.165) is 0 Å². The molecule has 0 aliphatic rings. The van der Waals surface area contributed by atoms with Crippen molar-refractivity contribution in [2.75, 3.05) is 13.6 Å². The normalized spacial score (nSPS) is 10.6. The predicted octanol–water partition coefficient (Wildman–Crippen LogP) is -4.83. The molecule has 0 atom stereocenters. The predicted molar refractivity (Wildman–Crippen MR) is 43.2 cm³/mol. The van der Waals surface area contributed by atoms with Gasteiger partial charge in [-0.2, -0.15) is 0 Å². The third-order valence-corrected chi connectivity index (χ3v) is 3.05. The molecule has 0 heterocycles. The van der Waals surface area contributed by atoms with Crippen molar-refractivity contribution >= 4 is 19.1 Å². The van der Waals surface area contributed by atoms with Gasteiger partial charge in [-0.3, -0.25) is 18.4 Å². The van der Waals surface area contributed by atoms with Gasteiger partial charge in [-0.25, -0.2) is 0 Å². The number of carbonyl (C=O) groups excluding carboxylic acids is 2. The molecule has 88 valence electrons. The van der Waals surface area contributed by atoms with Crippen LogP contribution < -0.4 is 34.7 Å². The van der Waals surface area contributed by atoms with Crippen LogP contribution in [0.5, 0.6) is 0 Å². The maximum atomic E-state index is 11.4. The maximum Gasteiger partial charge on any atom is 1.00 e. The van der Waals surface area contributed by atoms with Gasteiger partial charge < -0.3 is 20.1 Å². The van der Waals surface area contributed by atoms with Crippen LogP contribution in [0.1, 0.15) is 12.8 Å². The van der Waals surface area contributed by atoms with Gasteiger partial charge >= 0.3 is 37.2 Å². The number of hydrogen-bond donors (Lipinski definition) is 2. The number of aliphatic hydroxyl groups is 2. The summed E-state index contributed by atoms with van der Waals surface area (Å²) >= 11 is 0. The molecule has 16 heavy (non-hydrogen) atoms. The molecule has 0 spiro atoms. The largest absolute Gasteiger partial charge is 1.00 e. The molecule has 0 radical (unpaired) electrons. The van der Waals surface area contributed by atoms with E-state index >= 15 is 0 Å². The zero-order valence-electron chi connectivity index (χ0n) is 8.62. The summed E-state index contributed by atoms with van der Waals surface area (Å²) < 4.78 is 19.7. The molecule has 0 aromatic carbocycles. The Labute approximate surface area is 113 Å². The minimum absolute atomic E-state index is 0. The summed E-state index contributed by atoms with van der Waals surface area (Å²) in [6.07, 6.45) is -1.27. The Morgan fingerprint density at radius 3 is 1.88 bits per heavy atom. The molecule has 0 amide bonds. The van der Waals surface area contributed by atoms with E-state index in [1.165, 1.54) is 0 Å². The third-order valence-electron chi connectivity index (χ3n) is 1.30. The number of carbonyl (C=O) groups is 2. The summed E-state index contributed by atoms with van der Waals surface area (Å²) in [5.41, 5.74) is -1.14. The first-order chi connectivity index (χ1) is 6.96. The van der Waals surface area contributed by atoms with Crippen molar-refractivity contribution in [1.82, 2.24) is 0 Å². The Morgan fingerprint density at radius 2 is 1.56 bits per heavy atom. The fourth-order valence-corrected chi connectivity index (χ4v) is 1.73. The second kappa shape index (κ2) is 9.26. The smallest absolute Gasteiger partial charge is 0.550 e. The van der Waals surface area contributed by atoms with Crippen LogP contribution in [0.3, 0.4) is 0 Å². The van der Waals surface area contributed by atoms with Gasteiger partial charge in [0.05, 0.1) is 0 Å². The fourth-order valence-electron chi connectivity index (χ4n) is 0.679. The molecule has 2 N–H and O–H groups in total. The van der Waals surface area contributed by atoms with Gasteiger partial charge in [-0.05, 0) is 6.42 Å². The minimum atomic E-state index is -4.30. The maximum absolute atomic E-state index is 11.4. The molecule has 0 aliphatic carbocycles. The van der Waals surface area contributed by atoms with E-state index in [1.807, 2.05) is 0 Å². The molecule has 0 aromatic rings. The van der Waals surface area contributed by atoms with Gasteiger partial charge in [0.2, 0.25) is 5.52 Å². The average molecular weight is 264 g/mol. The molecule has 0 rings (SSSR count). The van der Waals surface area contributed by atoms with Crippen molar-refractivity contribution in [3.63, 3.8) is 0 Å². The molecular weight excluding hydrogens is 254 g/mol. The monoisotopic (exact) mass is 264 g/mol. The molecule has 0 aromatic heterocycles. The number of carboxylic acid groups (broad SMARTS) is 1. The molecule has 8 nitrogen and oxygen atoms in total. The second-order valence-electron chi connectivity index (χ2n) is 2.28. The van der Waals surface area contributed by atoms with Gasteiger partial charge in [0.1, 0.15) is 0 Å². The Kier molecular flexibility index (Phi) is 10.8. The summed E-state index contributed by atoms with van der Waals surface area (Å²) in [7, 11) is -4.30. The van der Waals surface area contributed by atoms with Crippen molar-refractivity contribution in [1.29, 1.82) is 0 Å². The van der Waals surface area contributed by atoms with E-state index in [0.29, 0.717) is 0 Å². The first-order valence-corrected chi connectivity index (χ1v) is 5.34. The Morgan fingerprint density at radius 1 is 1.12 bits per heavy atom. The van der Waals surface area contributed by atoms with Gasteiger partial charge in [-0.1, -0.05) is 0 Å². The van der Waals surface area contributed by atoms with Crippen molar-refractivity contribution in [2.24, 2.45) is 0 Å². The molecule has 0 saturated carbocycles. The average Bonchev–Trinajstić information content (AvgIpc) is 2.14. The summed E-state index contributed by atoms with van der Waals surface area (Å²) in [4.78, 5) is 21.1. The Bertz CT molecular complexity index is 270. The molecule has 0 bridgehead atoms. The molecule has 10 heteroatoms. The van der Waals surface area contributed by atoms with Crippen LogP contribution in [0.15, 0.2) is 0 Å². The SMILES string of the molecule is O=C([O-])CCC(=O)P(=O)(OCO)OCO.[Na+]. The van der Waals surface area contributed by atoms with E-state index in [9.17, 15) is 19.3 Å². The zero-order valence-corrected chi connectivity index (χ0v) is 11.5. The topological polar surface area (TPSA) is 133 Å². The first kappa shape index (κ1) is 18.6. The van der Waals surface area contributed by atoms with Crippen molar-refractivity contribution in [3.8, 4) is 0 Å². The Balaban J connectivity index is 0. The second-order valence-corrected chi connectivity index (χ2v) is 4.29. The standard InChI is InChI=1S/C6H11O8P.Na/c7-3-13-15(12,14-4-8)6(11)2-1-5(9)10;/h7-8H,1-4H2,(H,9,10);/q;+1/p-1. The molecule has 0 saturated heterocycles. The van der Waals surface area contributed by atoms with Crippen LogP contribution in [-0.2, 0) is 23.2 Å². The van der Waals surface area contributed by atoms with Crippen LogP contribution in [0.25, 0.3) is 0 Å². The van der Waals surface area contributed by atoms with Gasteiger partial charge in [0.25, 0.3) is 0 Å². The zero-order chi connectivity index (χ0) is 11.9. The van der Waals surface area contributed by atoms with Crippen molar-refractivity contribution < 1.29 is 68.1 Å². The van der Waals surface area contributed by atoms with Crippen LogP contribution in [0.4, 0.5) is 0 Å². The van der Waals surface area contributed by atoms with Crippen LogP contribution in [0.2, 0.25) is 0 Å². The Hall–Kier alpha value is 0.210. The molecule has 0 aliphatic heterocycles. The summed E-state index contributed by atoms with van der Waals surface area (Å²) in [5.74, 6) is -1.50. The fraction of sp³-hybridized carbons (Fsp3) is 0.667. The number of hydrogen-bond acceptors (Lipinski definition) is 8. The van der Waals surface area contributed by atoms with Gasteiger partial charge in [-0.15, -0.1) is 0 Å². The van der Waals surface area contributed by atoms with E-state index in [1.54, 1.807) is 0 Å². The summed E-state index contributed by atoms with van der Waals surface area (Å²) in [6, 6.07) is 0. The number of carboxylic acids is 1. The van der Waals surface area contributed by atoms with E-state index < -0.39 is 45.5 Å².